The first-order valence-electron chi connectivity index (χ1n) is 8.29. The third kappa shape index (κ3) is 3.28. The molecule has 2 amide bonds. The van der Waals surface area contributed by atoms with Gasteiger partial charge in [-0.2, -0.15) is 0 Å². The summed E-state index contributed by atoms with van der Waals surface area (Å²) in [6.45, 7) is 9.24. The molecule has 0 radical (unpaired) electrons. The Labute approximate surface area is 141 Å². The Morgan fingerprint density at radius 3 is 2.78 bits per heavy atom. The van der Waals surface area contributed by atoms with Gasteiger partial charge in [-0.05, 0) is 44.2 Å². The van der Waals surface area contributed by atoms with Crippen molar-refractivity contribution in [3.63, 3.8) is 0 Å². The number of thiophene rings is 1. The fraction of sp³-hybridized carbons (Fsp3) is 0.647. The Morgan fingerprint density at radius 1 is 1.35 bits per heavy atom. The van der Waals surface area contributed by atoms with E-state index >= 15 is 0 Å². The third-order valence-corrected chi connectivity index (χ3v) is 5.97. The molecule has 0 bridgehead atoms. The molecule has 5 nitrogen and oxygen atoms in total. The van der Waals surface area contributed by atoms with E-state index in [9.17, 15) is 9.59 Å². The quantitative estimate of drug-likeness (QED) is 0.898. The molecule has 0 saturated carbocycles. The van der Waals surface area contributed by atoms with Crippen LogP contribution < -0.4 is 5.32 Å². The lowest BCUT2D eigenvalue weighted by Crippen LogP contribution is -2.55. The first-order valence-corrected chi connectivity index (χ1v) is 9.17. The maximum atomic E-state index is 12.7. The molecular weight excluding hydrogens is 310 g/mol. The standard InChI is InChI=1S/C17H25N3O2S/c1-12(2)19-7-4-14(21)18-17(10-19)6-8-20(11-17)16(22)15-13(3)5-9-23-15/h5,9,12H,4,6-8,10-11H2,1-3H3,(H,18,21). The van der Waals surface area contributed by atoms with E-state index < -0.39 is 0 Å². The maximum Gasteiger partial charge on any atom is 0.264 e. The van der Waals surface area contributed by atoms with Gasteiger partial charge in [0, 0.05) is 38.6 Å². The fourth-order valence-electron chi connectivity index (χ4n) is 3.56. The molecule has 1 N–H and O–H groups in total. The lowest BCUT2D eigenvalue weighted by molar-refractivity contribution is -0.122. The van der Waals surface area contributed by atoms with Crippen LogP contribution in [0.15, 0.2) is 11.4 Å². The van der Waals surface area contributed by atoms with E-state index in [0.29, 0.717) is 25.6 Å². The van der Waals surface area contributed by atoms with Gasteiger partial charge >= 0.3 is 0 Å². The molecule has 6 heteroatoms. The molecule has 23 heavy (non-hydrogen) atoms. The Hall–Kier alpha value is -1.40. The number of carbonyl (C=O) groups is 2. The largest absolute Gasteiger partial charge is 0.347 e. The van der Waals surface area contributed by atoms with Crippen LogP contribution in [0.5, 0.6) is 0 Å². The van der Waals surface area contributed by atoms with Crippen LogP contribution in [0.4, 0.5) is 0 Å². The molecule has 1 aromatic heterocycles. The Bertz CT molecular complexity index is 613. The Kier molecular flexibility index (Phi) is 4.47. The second kappa shape index (κ2) is 6.24. The van der Waals surface area contributed by atoms with Gasteiger partial charge in [-0.1, -0.05) is 0 Å². The Morgan fingerprint density at radius 2 is 2.13 bits per heavy atom. The van der Waals surface area contributed by atoms with Gasteiger partial charge < -0.3 is 10.2 Å². The zero-order valence-corrected chi connectivity index (χ0v) is 14.9. The molecule has 1 atom stereocenters. The van der Waals surface area contributed by atoms with E-state index in [1.165, 1.54) is 11.3 Å². The zero-order chi connectivity index (χ0) is 16.6. The minimum absolute atomic E-state index is 0.101. The van der Waals surface area contributed by atoms with Gasteiger partial charge in [0.1, 0.15) is 0 Å². The highest BCUT2D eigenvalue weighted by Gasteiger charge is 2.44. The molecule has 126 valence electrons. The van der Waals surface area contributed by atoms with Gasteiger partial charge in [0.2, 0.25) is 5.91 Å². The average molecular weight is 335 g/mol. The SMILES string of the molecule is Cc1ccsc1C(=O)N1CCC2(C1)CN(C(C)C)CCC(=O)N2. The number of nitrogens with zero attached hydrogens (tertiary/aromatic N) is 2. The van der Waals surface area contributed by atoms with Crippen molar-refractivity contribution >= 4 is 23.2 Å². The second-order valence-electron chi connectivity index (χ2n) is 7.05. The van der Waals surface area contributed by atoms with E-state index in [-0.39, 0.29) is 17.4 Å². The van der Waals surface area contributed by atoms with Gasteiger partial charge in [-0.3, -0.25) is 14.5 Å². The Balaban J connectivity index is 1.77. The number of likely N-dealkylation sites (tertiary alicyclic amines) is 1. The number of hydrogen-bond donors (Lipinski definition) is 1. The van der Waals surface area contributed by atoms with Gasteiger partial charge in [0.05, 0.1) is 10.4 Å². The molecule has 0 aromatic carbocycles. The molecule has 1 spiro atoms. The summed E-state index contributed by atoms with van der Waals surface area (Å²) in [5.41, 5.74) is 0.744. The molecule has 0 aliphatic carbocycles. The molecule has 2 aliphatic heterocycles. The molecule has 2 fully saturated rings. The highest BCUT2D eigenvalue weighted by molar-refractivity contribution is 7.12. The van der Waals surface area contributed by atoms with Crippen molar-refractivity contribution in [3.8, 4) is 0 Å². The monoisotopic (exact) mass is 335 g/mol. The molecule has 3 heterocycles. The number of amides is 2. The van der Waals surface area contributed by atoms with Crippen LogP contribution in [0.3, 0.4) is 0 Å². The minimum Gasteiger partial charge on any atom is -0.347 e. The number of rotatable bonds is 2. The van der Waals surface area contributed by atoms with Crippen molar-refractivity contribution in [1.29, 1.82) is 0 Å². The van der Waals surface area contributed by atoms with Crippen LogP contribution in [-0.2, 0) is 4.79 Å². The second-order valence-corrected chi connectivity index (χ2v) is 7.97. The molecule has 2 saturated heterocycles. The van der Waals surface area contributed by atoms with Crippen molar-refractivity contribution in [2.24, 2.45) is 0 Å². The predicted octanol–water partition coefficient (Wildman–Crippen LogP) is 1.87. The number of nitrogens with one attached hydrogen (secondary N) is 1. The number of carbonyl (C=O) groups excluding carboxylic acids is 2. The van der Waals surface area contributed by atoms with E-state index in [1.807, 2.05) is 23.3 Å². The fourth-order valence-corrected chi connectivity index (χ4v) is 4.46. The number of aryl methyl sites for hydroxylation is 1. The van der Waals surface area contributed by atoms with Gasteiger partial charge in [0.15, 0.2) is 0 Å². The predicted molar refractivity (Wildman–Crippen MR) is 91.8 cm³/mol. The maximum absolute atomic E-state index is 12.7. The van der Waals surface area contributed by atoms with Crippen molar-refractivity contribution in [2.45, 2.75) is 45.2 Å². The summed E-state index contributed by atoms with van der Waals surface area (Å²) in [6, 6.07) is 2.39. The van der Waals surface area contributed by atoms with Crippen LogP contribution in [0.1, 0.15) is 41.9 Å². The molecule has 1 unspecified atom stereocenters. The van der Waals surface area contributed by atoms with Crippen LogP contribution >= 0.6 is 11.3 Å². The van der Waals surface area contributed by atoms with Crippen molar-refractivity contribution in [2.75, 3.05) is 26.2 Å². The van der Waals surface area contributed by atoms with E-state index in [2.05, 4.69) is 24.1 Å². The molecule has 2 aliphatic rings. The highest BCUT2D eigenvalue weighted by Crippen LogP contribution is 2.28. The summed E-state index contributed by atoms with van der Waals surface area (Å²) in [6.07, 6.45) is 1.37. The zero-order valence-electron chi connectivity index (χ0n) is 14.1. The topological polar surface area (TPSA) is 52.7 Å². The van der Waals surface area contributed by atoms with Crippen LogP contribution in [-0.4, -0.2) is 59.4 Å². The van der Waals surface area contributed by atoms with Crippen LogP contribution in [0, 0.1) is 6.92 Å². The minimum atomic E-state index is -0.293. The van der Waals surface area contributed by atoms with Gasteiger partial charge in [-0.25, -0.2) is 0 Å². The third-order valence-electron chi connectivity index (χ3n) is 4.96. The normalized spacial score (nSPS) is 25.9. The first kappa shape index (κ1) is 16.5. The van der Waals surface area contributed by atoms with E-state index in [1.54, 1.807) is 0 Å². The smallest absolute Gasteiger partial charge is 0.264 e. The lowest BCUT2D eigenvalue weighted by Gasteiger charge is -2.34. The summed E-state index contributed by atoms with van der Waals surface area (Å²) in [5.74, 6) is 0.207. The van der Waals surface area contributed by atoms with Crippen LogP contribution in [0.2, 0.25) is 0 Å². The van der Waals surface area contributed by atoms with Crippen LogP contribution in [0.25, 0.3) is 0 Å². The molecular formula is C17H25N3O2S. The summed E-state index contributed by atoms with van der Waals surface area (Å²) in [5, 5.41) is 5.17. The summed E-state index contributed by atoms with van der Waals surface area (Å²) in [7, 11) is 0. The number of hydrogen-bond acceptors (Lipinski definition) is 4. The van der Waals surface area contributed by atoms with Crippen molar-refractivity contribution < 1.29 is 9.59 Å². The summed E-state index contributed by atoms with van der Waals surface area (Å²) >= 11 is 1.50. The summed E-state index contributed by atoms with van der Waals surface area (Å²) in [4.78, 5) is 30.0. The average Bonchev–Trinajstić information content (AvgIpc) is 3.05. The highest BCUT2D eigenvalue weighted by atomic mass is 32.1. The van der Waals surface area contributed by atoms with E-state index in [0.717, 1.165) is 30.0 Å². The molecule has 1 aromatic rings. The lowest BCUT2D eigenvalue weighted by atomic mass is 9.97. The summed E-state index contributed by atoms with van der Waals surface area (Å²) < 4.78 is 0. The first-order chi connectivity index (χ1) is 10.9. The molecule has 3 rings (SSSR count). The van der Waals surface area contributed by atoms with E-state index in [4.69, 9.17) is 0 Å². The van der Waals surface area contributed by atoms with Crippen molar-refractivity contribution in [3.05, 3.63) is 21.9 Å². The van der Waals surface area contributed by atoms with Gasteiger partial charge in [-0.15, -0.1) is 11.3 Å². The van der Waals surface area contributed by atoms with Gasteiger partial charge in [0.25, 0.3) is 5.91 Å². The van der Waals surface area contributed by atoms with Crippen molar-refractivity contribution in [1.82, 2.24) is 15.1 Å².